The van der Waals surface area contributed by atoms with Crippen LogP contribution in [0.5, 0.6) is 0 Å². The molecule has 2 bridgehead atoms. The molecule has 0 atom stereocenters. The second-order valence-electron chi connectivity index (χ2n) is 7.49. The number of nitrogens with zero attached hydrogens (tertiary/aromatic N) is 4. The SMILES string of the molecule is Cn1c(COCc2ccccc2)nnc1N1CC2CCCC1CCC2. The molecule has 1 aromatic heterocycles. The van der Waals surface area contributed by atoms with E-state index >= 15 is 0 Å². The number of benzene rings is 1. The third kappa shape index (κ3) is 3.71. The summed E-state index contributed by atoms with van der Waals surface area (Å²) in [5.41, 5.74) is 1.19. The number of fused-ring (bicyclic) bond motifs is 3. The van der Waals surface area contributed by atoms with Gasteiger partial charge >= 0.3 is 0 Å². The molecule has 2 fully saturated rings. The van der Waals surface area contributed by atoms with E-state index < -0.39 is 0 Å². The fourth-order valence-electron chi connectivity index (χ4n) is 4.30. The van der Waals surface area contributed by atoms with Gasteiger partial charge in [0.1, 0.15) is 6.61 Å². The minimum atomic E-state index is 0.500. The molecule has 0 N–H and O–H groups in total. The van der Waals surface area contributed by atoms with Gasteiger partial charge in [-0.2, -0.15) is 0 Å². The summed E-state index contributed by atoms with van der Waals surface area (Å²) in [5, 5.41) is 8.94. The van der Waals surface area contributed by atoms with Gasteiger partial charge in [-0.3, -0.25) is 4.57 Å². The number of rotatable bonds is 5. The van der Waals surface area contributed by atoms with Crippen LogP contribution in [0.3, 0.4) is 0 Å². The van der Waals surface area contributed by atoms with Gasteiger partial charge in [-0.15, -0.1) is 10.2 Å². The first-order valence-corrected chi connectivity index (χ1v) is 9.58. The quantitative estimate of drug-likeness (QED) is 0.832. The van der Waals surface area contributed by atoms with E-state index in [9.17, 15) is 0 Å². The van der Waals surface area contributed by atoms with Crippen LogP contribution in [0.2, 0.25) is 0 Å². The van der Waals surface area contributed by atoms with E-state index in [4.69, 9.17) is 4.74 Å². The Morgan fingerprint density at radius 1 is 1.00 bits per heavy atom. The Bertz CT molecular complexity index is 674. The highest BCUT2D eigenvalue weighted by molar-refractivity contribution is 5.34. The largest absolute Gasteiger partial charge is 0.369 e. The molecule has 2 saturated heterocycles. The Kier molecular flexibility index (Phi) is 5.02. The van der Waals surface area contributed by atoms with E-state index in [1.807, 2.05) is 18.2 Å². The average Bonchev–Trinajstić information content (AvgIpc) is 2.78. The smallest absolute Gasteiger partial charge is 0.227 e. The third-order valence-electron chi connectivity index (χ3n) is 5.74. The summed E-state index contributed by atoms with van der Waals surface area (Å²) >= 11 is 0. The highest BCUT2D eigenvalue weighted by Crippen LogP contribution is 2.34. The van der Waals surface area contributed by atoms with Crippen LogP contribution in [-0.2, 0) is 25.0 Å². The molecule has 1 aromatic carbocycles. The summed E-state index contributed by atoms with van der Waals surface area (Å²) in [6.07, 6.45) is 8.05. The molecule has 0 saturated carbocycles. The van der Waals surface area contributed by atoms with Crippen molar-refractivity contribution in [1.82, 2.24) is 14.8 Å². The van der Waals surface area contributed by atoms with Gasteiger partial charge in [-0.1, -0.05) is 43.2 Å². The first kappa shape index (κ1) is 16.6. The van der Waals surface area contributed by atoms with E-state index in [-0.39, 0.29) is 0 Å². The van der Waals surface area contributed by atoms with Crippen molar-refractivity contribution in [3.8, 4) is 0 Å². The fourth-order valence-corrected chi connectivity index (χ4v) is 4.30. The molecule has 0 spiro atoms. The predicted octanol–water partition coefficient (Wildman–Crippen LogP) is 3.69. The van der Waals surface area contributed by atoms with E-state index in [1.54, 1.807) is 0 Å². The Labute approximate surface area is 150 Å². The van der Waals surface area contributed by atoms with E-state index in [0.29, 0.717) is 19.3 Å². The topological polar surface area (TPSA) is 43.2 Å². The Morgan fingerprint density at radius 2 is 1.76 bits per heavy atom. The number of hydrogen-bond donors (Lipinski definition) is 0. The van der Waals surface area contributed by atoms with Crippen LogP contribution < -0.4 is 4.90 Å². The van der Waals surface area contributed by atoms with Crippen LogP contribution in [0.4, 0.5) is 5.95 Å². The number of ether oxygens (including phenoxy) is 1. The number of anilines is 1. The molecule has 2 aliphatic rings. The second-order valence-corrected chi connectivity index (χ2v) is 7.49. The monoisotopic (exact) mass is 340 g/mol. The minimum absolute atomic E-state index is 0.500. The van der Waals surface area contributed by atoms with Crippen molar-refractivity contribution < 1.29 is 4.74 Å². The minimum Gasteiger partial charge on any atom is -0.369 e. The van der Waals surface area contributed by atoms with E-state index in [2.05, 4.69) is 38.8 Å². The molecular formula is C20H28N4O. The molecule has 5 nitrogen and oxygen atoms in total. The van der Waals surface area contributed by atoms with Crippen molar-refractivity contribution in [1.29, 1.82) is 0 Å². The van der Waals surface area contributed by atoms with Crippen LogP contribution in [-0.4, -0.2) is 27.4 Å². The summed E-state index contributed by atoms with van der Waals surface area (Å²) in [6.45, 7) is 2.25. The molecule has 5 heteroatoms. The van der Waals surface area contributed by atoms with Gasteiger partial charge < -0.3 is 9.64 Å². The Morgan fingerprint density at radius 3 is 2.52 bits per heavy atom. The highest BCUT2D eigenvalue weighted by atomic mass is 16.5. The van der Waals surface area contributed by atoms with Crippen molar-refractivity contribution in [2.24, 2.45) is 13.0 Å². The standard InChI is InChI=1S/C20H28N4O/c1-23-19(15-25-14-17-7-3-2-4-8-17)21-22-20(23)24-13-16-9-5-11-18(24)12-6-10-16/h2-4,7-8,16,18H,5-6,9-15H2,1H3. The van der Waals surface area contributed by atoms with Crippen molar-refractivity contribution in [2.45, 2.75) is 57.8 Å². The summed E-state index contributed by atoms with van der Waals surface area (Å²) in [4.78, 5) is 2.53. The van der Waals surface area contributed by atoms with Gasteiger partial charge in [0.05, 0.1) is 6.61 Å². The summed E-state index contributed by atoms with van der Waals surface area (Å²) in [7, 11) is 2.07. The van der Waals surface area contributed by atoms with Crippen LogP contribution >= 0.6 is 0 Å². The molecule has 2 aliphatic heterocycles. The average molecular weight is 340 g/mol. The molecular weight excluding hydrogens is 312 g/mol. The van der Waals surface area contributed by atoms with Crippen LogP contribution in [0.15, 0.2) is 30.3 Å². The van der Waals surface area contributed by atoms with E-state index in [1.165, 1.54) is 44.1 Å². The lowest BCUT2D eigenvalue weighted by Gasteiger charge is -2.29. The van der Waals surface area contributed by atoms with Crippen molar-refractivity contribution in [3.63, 3.8) is 0 Å². The second kappa shape index (κ2) is 7.56. The maximum Gasteiger partial charge on any atom is 0.227 e. The molecule has 0 aliphatic carbocycles. The molecule has 134 valence electrons. The van der Waals surface area contributed by atoms with Gasteiger partial charge in [0, 0.05) is 19.6 Å². The predicted molar refractivity (Wildman–Crippen MR) is 98.3 cm³/mol. The first-order valence-electron chi connectivity index (χ1n) is 9.58. The van der Waals surface area contributed by atoms with Crippen molar-refractivity contribution >= 4 is 5.95 Å². The zero-order valence-corrected chi connectivity index (χ0v) is 15.1. The van der Waals surface area contributed by atoms with Gasteiger partial charge in [-0.05, 0) is 37.2 Å². The maximum absolute atomic E-state index is 5.86. The zero-order chi connectivity index (χ0) is 17.1. The zero-order valence-electron chi connectivity index (χ0n) is 15.1. The Hall–Kier alpha value is -1.88. The molecule has 0 amide bonds. The number of aromatic nitrogens is 3. The highest BCUT2D eigenvalue weighted by Gasteiger charge is 2.31. The van der Waals surface area contributed by atoms with Crippen LogP contribution in [0.25, 0.3) is 0 Å². The maximum atomic E-state index is 5.86. The van der Waals surface area contributed by atoms with Crippen LogP contribution in [0, 0.1) is 5.92 Å². The van der Waals surface area contributed by atoms with Gasteiger partial charge in [0.2, 0.25) is 5.95 Å². The molecule has 3 heterocycles. The van der Waals surface area contributed by atoms with Gasteiger partial charge in [0.25, 0.3) is 0 Å². The lowest BCUT2D eigenvalue weighted by molar-refractivity contribution is 0.0997. The molecule has 0 radical (unpaired) electrons. The normalized spacial score (nSPS) is 23.5. The Balaban J connectivity index is 1.43. The lowest BCUT2D eigenvalue weighted by atomic mass is 9.93. The first-order chi connectivity index (χ1) is 12.3. The summed E-state index contributed by atoms with van der Waals surface area (Å²) in [6, 6.07) is 10.9. The van der Waals surface area contributed by atoms with Crippen LogP contribution in [0.1, 0.15) is 49.9 Å². The lowest BCUT2D eigenvalue weighted by Crippen LogP contribution is -2.37. The van der Waals surface area contributed by atoms with E-state index in [0.717, 1.165) is 24.2 Å². The number of hydrogen-bond acceptors (Lipinski definition) is 4. The van der Waals surface area contributed by atoms with Crippen molar-refractivity contribution in [2.75, 3.05) is 11.4 Å². The summed E-state index contributed by atoms with van der Waals surface area (Å²) < 4.78 is 7.99. The third-order valence-corrected chi connectivity index (χ3v) is 5.74. The molecule has 2 aromatic rings. The summed E-state index contributed by atoms with van der Waals surface area (Å²) in [5.74, 6) is 2.75. The van der Waals surface area contributed by atoms with Gasteiger partial charge in [0.15, 0.2) is 5.82 Å². The van der Waals surface area contributed by atoms with Crippen molar-refractivity contribution in [3.05, 3.63) is 41.7 Å². The molecule has 4 rings (SSSR count). The fraction of sp³-hybridized carbons (Fsp3) is 0.600. The van der Waals surface area contributed by atoms with Gasteiger partial charge in [-0.25, -0.2) is 0 Å². The molecule has 0 unspecified atom stereocenters. The molecule has 25 heavy (non-hydrogen) atoms.